The van der Waals surface area contributed by atoms with E-state index in [1.807, 2.05) is 0 Å². The molecule has 2 aromatic carbocycles. The maximum absolute atomic E-state index is 13.0. The Morgan fingerprint density at radius 1 is 1.00 bits per heavy atom. The second-order valence-corrected chi connectivity index (χ2v) is 7.86. The molecule has 2 amide bonds. The van der Waals surface area contributed by atoms with Gasteiger partial charge in [-0.05, 0) is 61.5 Å². The Hall–Kier alpha value is -5.06. The maximum Gasteiger partial charge on any atom is 0.350 e. The van der Waals surface area contributed by atoms with Gasteiger partial charge in [-0.2, -0.15) is 5.10 Å². The maximum atomic E-state index is 13.0. The number of aromatic nitrogens is 6. The molecule has 0 aliphatic rings. The third-order valence-corrected chi connectivity index (χ3v) is 5.48. The van der Waals surface area contributed by atoms with Gasteiger partial charge in [-0.1, -0.05) is 6.07 Å². The summed E-state index contributed by atoms with van der Waals surface area (Å²) in [6.45, 7) is 1.76. The van der Waals surface area contributed by atoms with Crippen LogP contribution in [0.1, 0.15) is 26.5 Å². The molecule has 0 spiro atoms. The number of amides is 2. The second-order valence-electron chi connectivity index (χ2n) is 7.86. The van der Waals surface area contributed by atoms with Gasteiger partial charge in [0.05, 0.1) is 11.3 Å². The number of pyridine rings is 1. The number of carbonyl (C=O) groups excluding carboxylic acids is 2. The van der Waals surface area contributed by atoms with Crippen LogP contribution in [0.15, 0.2) is 71.7 Å². The summed E-state index contributed by atoms with van der Waals surface area (Å²) in [5, 5.41) is 11.4. The average Bonchev–Trinajstić information content (AvgIpc) is 3.39. The van der Waals surface area contributed by atoms with E-state index in [0.717, 1.165) is 0 Å². The fourth-order valence-electron chi connectivity index (χ4n) is 3.80. The van der Waals surface area contributed by atoms with Gasteiger partial charge < -0.3 is 11.1 Å². The van der Waals surface area contributed by atoms with Crippen molar-refractivity contribution in [1.82, 2.24) is 28.9 Å². The Bertz CT molecular complexity index is 1660. The van der Waals surface area contributed by atoms with E-state index in [-0.39, 0.29) is 11.3 Å². The van der Waals surface area contributed by atoms with Gasteiger partial charge in [-0.3, -0.25) is 9.59 Å². The lowest BCUT2D eigenvalue weighted by atomic mass is 10.2. The Labute approximate surface area is 198 Å². The van der Waals surface area contributed by atoms with E-state index in [4.69, 9.17) is 5.73 Å². The number of benzene rings is 2. The van der Waals surface area contributed by atoms with E-state index < -0.39 is 11.8 Å². The summed E-state index contributed by atoms with van der Waals surface area (Å²) in [7, 11) is 1.60. The van der Waals surface area contributed by atoms with Crippen LogP contribution < -0.4 is 16.7 Å². The Morgan fingerprint density at radius 3 is 2.46 bits per heavy atom. The topological polar surface area (TPSA) is 142 Å². The molecule has 11 nitrogen and oxygen atoms in total. The van der Waals surface area contributed by atoms with Crippen molar-refractivity contribution >= 4 is 23.1 Å². The van der Waals surface area contributed by atoms with Crippen molar-refractivity contribution in [2.45, 2.75) is 6.92 Å². The minimum atomic E-state index is -0.583. The zero-order valence-corrected chi connectivity index (χ0v) is 18.8. The second kappa shape index (κ2) is 8.37. The van der Waals surface area contributed by atoms with Crippen LogP contribution in [0.5, 0.6) is 0 Å². The first-order valence-corrected chi connectivity index (χ1v) is 10.6. The summed E-state index contributed by atoms with van der Waals surface area (Å²) >= 11 is 0. The molecule has 5 aromatic rings. The first kappa shape index (κ1) is 21.8. The minimum absolute atomic E-state index is 0.238. The highest BCUT2D eigenvalue weighted by molar-refractivity contribution is 6.08. The van der Waals surface area contributed by atoms with Crippen LogP contribution in [-0.4, -0.2) is 40.8 Å². The van der Waals surface area contributed by atoms with Crippen molar-refractivity contribution in [2.75, 3.05) is 5.32 Å². The van der Waals surface area contributed by atoms with Crippen LogP contribution in [0.2, 0.25) is 0 Å². The SMILES string of the molecule is Cc1nn(C)c(=O)n1-c1ccc(-c2nc3c(C(=O)Nc4cccc(C(N)=O)c4)cccn3n2)cc1. The lowest BCUT2D eigenvalue weighted by molar-refractivity contribution is 0.0996. The van der Waals surface area contributed by atoms with Crippen molar-refractivity contribution in [2.24, 2.45) is 12.8 Å². The van der Waals surface area contributed by atoms with Crippen molar-refractivity contribution in [3.63, 3.8) is 0 Å². The standard InChI is InChI=1S/C24H20N8O3/c1-14-28-30(2)24(35)32(14)18-10-8-15(9-11-18)21-27-22-19(7-4-12-31(22)29-21)23(34)26-17-6-3-5-16(13-17)20(25)33/h3-13H,1-2H3,(H2,25,33)(H,26,34). The number of nitrogens with zero attached hydrogens (tertiary/aromatic N) is 6. The Morgan fingerprint density at radius 2 is 1.77 bits per heavy atom. The molecule has 3 heterocycles. The quantitative estimate of drug-likeness (QED) is 0.404. The predicted molar refractivity (Wildman–Crippen MR) is 128 cm³/mol. The van der Waals surface area contributed by atoms with Gasteiger partial charge in [0.2, 0.25) is 5.91 Å². The van der Waals surface area contributed by atoms with Gasteiger partial charge in [-0.15, -0.1) is 5.10 Å². The minimum Gasteiger partial charge on any atom is -0.366 e. The fourth-order valence-corrected chi connectivity index (χ4v) is 3.80. The monoisotopic (exact) mass is 468 g/mol. The van der Waals surface area contributed by atoms with Crippen LogP contribution in [0, 0.1) is 6.92 Å². The average molecular weight is 468 g/mol. The van der Waals surface area contributed by atoms with Crippen molar-refractivity contribution < 1.29 is 9.59 Å². The molecule has 0 bridgehead atoms. The Balaban J connectivity index is 1.46. The number of rotatable bonds is 5. The lowest BCUT2D eigenvalue weighted by Crippen LogP contribution is -2.21. The molecule has 35 heavy (non-hydrogen) atoms. The number of aryl methyl sites for hydroxylation is 2. The van der Waals surface area contributed by atoms with Crippen LogP contribution >= 0.6 is 0 Å². The highest BCUT2D eigenvalue weighted by Crippen LogP contribution is 2.21. The first-order chi connectivity index (χ1) is 16.8. The van der Waals surface area contributed by atoms with E-state index in [1.54, 1.807) is 74.8 Å². The molecular weight excluding hydrogens is 448 g/mol. The van der Waals surface area contributed by atoms with E-state index in [9.17, 15) is 14.4 Å². The Kier molecular flexibility index (Phi) is 5.21. The van der Waals surface area contributed by atoms with Crippen molar-refractivity contribution in [3.8, 4) is 17.1 Å². The summed E-state index contributed by atoms with van der Waals surface area (Å²) < 4.78 is 4.31. The molecule has 0 aliphatic heterocycles. The molecule has 0 radical (unpaired) electrons. The number of anilines is 1. The van der Waals surface area contributed by atoms with E-state index in [2.05, 4.69) is 20.5 Å². The van der Waals surface area contributed by atoms with Gasteiger partial charge in [-0.25, -0.2) is 23.5 Å². The molecule has 174 valence electrons. The number of fused-ring (bicyclic) bond motifs is 1. The van der Waals surface area contributed by atoms with E-state index in [0.29, 0.717) is 39.8 Å². The van der Waals surface area contributed by atoms with Gasteiger partial charge >= 0.3 is 5.69 Å². The number of hydrogen-bond donors (Lipinski definition) is 2. The predicted octanol–water partition coefficient (Wildman–Crippen LogP) is 1.94. The van der Waals surface area contributed by atoms with Gasteiger partial charge in [0.25, 0.3) is 5.91 Å². The molecule has 0 aliphatic carbocycles. The third kappa shape index (κ3) is 3.95. The summed E-state index contributed by atoms with van der Waals surface area (Å²) in [4.78, 5) is 41.3. The van der Waals surface area contributed by atoms with Crippen LogP contribution in [0.25, 0.3) is 22.7 Å². The van der Waals surface area contributed by atoms with Crippen LogP contribution in [-0.2, 0) is 7.05 Å². The van der Waals surface area contributed by atoms with Gasteiger partial charge in [0.1, 0.15) is 5.82 Å². The molecule has 3 N–H and O–H groups in total. The number of primary amides is 1. The molecule has 0 unspecified atom stereocenters. The highest BCUT2D eigenvalue weighted by atomic mass is 16.2. The van der Waals surface area contributed by atoms with Gasteiger partial charge in [0, 0.05) is 30.1 Å². The van der Waals surface area contributed by atoms with Gasteiger partial charge in [0.15, 0.2) is 11.5 Å². The largest absolute Gasteiger partial charge is 0.366 e. The lowest BCUT2D eigenvalue weighted by Gasteiger charge is -2.06. The van der Waals surface area contributed by atoms with Crippen molar-refractivity contribution in [1.29, 1.82) is 0 Å². The zero-order valence-electron chi connectivity index (χ0n) is 18.8. The van der Waals surface area contributed by atoms with Crippen molar-refractivity contribution in [3.05, 3.63) is 94.3 Å². The number of nitrogens with one attached hydrogen (secondary N) is 1. The zero-order chi connectivity index (χ0) is 24.7. The molecule has 0 fully saturated rings. The molecule has 3 aromatic heterocycles. The molecule has 0 saturated carbocycles. The normalized spacial score (nSPS) is 11.0. The third-order valence-electron chi connectivity index (χ3n) is 5.48. The number of hydrogen-bond acceptors (Lipinski definition) is 6. The molecule has 5 rings (SSSR count). The molecular formula is C24H20N8O3. The van der Waals surface area contributed by atoms with E-state index in [1.165, 1.54) is 19.8 Å². The number of carbonyl (C=O) groups is 2. The first-order valence-electron chi connectivity index (χ1n) is 10.6. The fraction of sp³-hybridized carbons (Fsp3) is 0.0833. The molecule has 0 atom stereocenters. The summed E-state index contributed by atoms with van der Waals surface area (Å²) in [5.41, 5.74) is 7.88. The van der Waals surface area contributed by atoms with E-state index >= 15 is 0 Å². The molecule has 11 heteroatoms. The highest BCUT2D eigenvalue weighted by Gasteiger charge is 2.16. The summed E-state index contributed by atoms with van der Waals surface area (Å²) in [6.07, 6.45) is 1.70. The van der Waals surface area contributed by atoms with Crippen LogP contribution in [0.3, 0.4) is 0 Å². The van der Waals surface area contributed by atoms with Crippen LogP contribution in [0.4, 0.5) is 5.69 Å². The smallest absolute Gasteiger partial charge is 0.350 e. The summed E-state index contributed by atoms with van der Waals surface area (Å²) in [6, 6.07) is 16.9. The number of nitrogens with two attached hydrogens (primary N) is 1. The summed E-state index contributed by atoms with van der Waals surface area (Å²) in [5.74, 6) is 0.00809. The molecule has 0 saturated heterocycles.